The van der Waals surface area contributed by atoms with Gasteiger partial charge in [-0.1, -0.05) is 36.4 Å². The topological polar surface area (TPSA) is 40.6 Å². The molecule has 1 saturated carbocycles. The van der Waals surface area contributed by atoms with Crippen molar-refractivity contribution in [2.24, 2.45) is 5.92 Å². The van der Waals surface area contributed by atoms with Gasteiger partial charge in [0.2, 0.25) is 5.91 Å². The molecule has 2 aromatic rings. The lowest BCUT2D eigenvalue weighted by atomic mass is 10.1. The number of amides is 1. The van der Waals surface area contributed by atoms with E-state index in [9.17, 15) is 9.00 Å². The van der Waals surface area contributed by atoms with Crippen LogP contribution in [0.25, 0.3) is 10.8 Å². The standard InChI is InChI=1S/C19H22N2O2S/c22-19(14-15-8-9-15)20-10-12-21(13-11-20)24(23)18-7-3-5-16-4-1-2-6-17(16)18/h1-7,15H,8-14H2. The molecule has 1 saturated heterocycles. The maximum atomic E-state index is 13.0. The summed E-state index contributed by atoms with van der Waals surface area (Å²) in [6, 6.07) is 14.0. The van der Waals surface area contributed by atoms with Gasteiger partial charge in [-0.15, -0.1) is 0 Å². The van der Waals surface area contributed by atoms with Gasteiger partial charge in [0.25, 0.3) is 0 Å². The molecule has 1 heterocycles. The van der Waals surface area contributed by atoms with Crippen molar-refractivity contribution in [2.75, 3.05) is 26.2 Å². The Morgan fingerprint density at radius 1 is 1.00 bits per heavy atom. The van der Waals surface area contributed by atoms with Gasteiger partial charge in [0, 0.05) is 32.6 Å². The van der Waals surface area contributed by atoms with Gasteiger partial charge in [0.05, 0.1) is 4.90 Å². The smallest absolute Gasteiger partial charge is 0.222 e. The molecule has 5 heteroatoms. The minimum absolute atomic E-state index is 0.271. The van der Waals surface area contributed by atoms with Crippen LogP contribution in [0.3, 0.4) is 0 Å². The molecule has 4 nitrogen and oxygen atoms in total. The highest BCUT2D eigenvalue weighted by atomic mass is 32.2. The number of hydrogen-bond donors (Lipinski definition) is 0. The second-order valence-electron chi connectivity index (χ2n) is 6.68. The van der Waals surface area contributed by atoms with E-state index in [-0.39, 0.29) is 5.91 Å². The van der Waals surface area contributed by atoms with Crippen LogP contribution in [0.5, 0.6) is 0 Å². The van der Waals surface area contributed by atoms with Gasteiger partial charge < -0.3 is 4.90 Å². The Kier molecular flexibility index (Phi) is 4.37. The number of carbonyl (C=O) groups excluding carboxylic acids is 1. The Balaban J connectivity index is 1.45. The fourth-order valence-electron chi connectivity index (χ4n) is 3.29. The second-order valence-corrected chi connectivity index (χ2v) is 8.14. The van der Waals surface area contributed by atoms with Crippen molar-refractivity contribution in [3.63, 3.8) is 0 Å². The minimum atomic E-state index is -1.18. The molecule has 2 aromatic carbocycles. The number of rotatable bonds is 4. The molecule has 1 amide bonds. The van der Waals surface area contributed by atoms with Crippen LogP contribution in [0.2, 0.25) is 0 Å². The molecule has 0 N–H and O–H groups in total. The first kappa shape index (κ1) is 15.8. The predicted octanol–water partition coefficient (Wildman–Crippen LogP) is 2.81. The SMILES string of the molecule is O=C(CC1CC1)N1CCN(S(=O)c2cccc3ccccc23)CC1. The van der Waals surface area contributed by atoms with E-state index in [1.807, 2.05) is 51.7 Å². The quantitative estimate of drug-likeness (QED) is 0.857. The van der Waals surface area contributed by atoms with Crippen molar-refractivity contribution < 1.29 is 9.00 Å². The number of carbonyl (C=O) groups is 1. The molecule has 1 aliphatic carbocycles. The van der Waals surface area contributed by atoms with Crippen molar-refractivity contribution in [2.45, 2.75) is 24.2 Å². The summed E-state index contributed by atoms with van der Waals surface area (Å²) >= 11 is 0. The van der Waals surface area contributed by atoms with Gasteiger partial charge in [-0.3, -0.25) is 4.79 Å². The third kappa shape index (κ3) is 3.23. The third-order valence-corrected chi connectivity index (χ3v) is 6.49. The van der Waals surface area contributed by atoms with Crippen molar-refractivity contribution in [1.82, 2.24) is 9.21 Å². The molecular weight excluding hydrogens is 320 g/mol. The van der Waals surface area contributed by atoms with Crippen LogP contribution in [0.15, 0.2) is 47.4 Å². The average Bonchev–Trinajstić information content (AvgIpc) is 3.45. The fourth-order valence-corrected chi connectivity index (χ4v) is 4.63. The lowest BCUT2D eigenvalue weighted by Gasteiger charge is -2.34. The Morgan fingerprint density at radius 3 is 2.46 bits per heavy atom. The van der Waals surface area contributed by atoms with Gasteiger partial charge in [-0.25, -0.2) is 8.51 Å². The summed E-state index contributed by atoms with van der Waals surface area (Å²) in [6.45, 7) is 2.71. The monoisotopic (exact) mass is 342 g/mol. The maximum absolute atomic E-state index is 13.0. The molecule has 1 aliphatic heterocycles. The first-order valence-corrected chi connectivity index (χ1v) is 9.75. The maximum Gasteiger partial charge on any atom is 0.222 e. The molecule has 1 atom stereocenters. The van der Waals surface area contributed by atoms with Gasteiger partial charge in [-0.2, -0.15) is 0 Å². The van der Waals surface area contributed by atoms with Crippen molar-refractivity contribution in [1.29, 1.82) is 0 Å². The molecule has 0 radical (unpaired) electrons. The Morgan fingerprint density at radius 2 is 1.71 bits per heavy atom. The summed E-state index contributed by atoms with van der Waals surface area (Å²) in [4.78, 5) is 15.0. The number of benzene rings is 2. The van der Waals surface area contributed by atoms with E-state index in [0.29, 0.717) is 38.5 Å². The Hall–Kier alpha value is -1.72. The molecule has 0 aromatic heterocycles. The van der Waals surface area contributed by atoms with E-state index in [4.69, 9.17) is 0 Å². The van der Waals surface area contributed by atoms with Crippen LogP contribution < -0.4 is 0 Å². The summed E-state index contributed by atoms with van der Waals surface area (Å²) in [5.41, 5.74) is 0. The Bertz CT molecular complexity index is 775. The molecule has 0 bridgehead atoms. The first-order chi connectivity index (χ1) is 11.7. The van der Waals surface area contributed by atoms with Crippen LogP contribution in [0.1, 0.15) is 19.3 Å². The number of nitrogens with zero attached hydrogens (tertiary/aromatic N) is 2. The Labute approximate surface area is 145 Å². The molecular formula is C19H22N2O2S. The highest BCUT2D eigenvalue weighted by Gasteiger charge is 2.30. The largest absolute Gasteiger partial charge is 0.340 e. The normalized spacial score (nSPS) is 20.2. The second kappa shape index (κ2) is 6.65. The highest BCUT2D eigenvalue weighted by molar-refractivity contribution is 7.83. The van der Waals surface area contributed by atoms with Crippen LogP contribution in [0.4, 0.5) is 0 Å². The van der Waals surface area contributed by atoms with E-state index >= 15 is 0 Å². The van der Waals surface area contributed by atoms with Crippen LogP contribution in [0, 0.1) is 5.92 Å². The lowest BCUT2D eigenvalue weighted by Crippen LogP contribution is -2.49. The zero-order chi connectivity index (χ0) is 16.5. The fraction of sp³-hybridized carbons (Fsp3) is 0.421. The summed E-state index contributed by atoms with van der Waals surface area (Å²) in [5, 5.41) is 2.16. The molecule has 1 unspecified atom stereocenters. The van der Waals surface area contributed by atoms with Crippen LogP contribution >= 0.6 is 0 Å². The van der Waals surface area contributed by atoms with E-state index in [1.54, 1.807) is 0 Å². The van der Waals surface area contributed by atoms with E-state index in [1.165, 1.54) is 12.8 Å². The molecule has 0 spiro atoms. The highest BCUT2D eigenvalue weighted by Crippen LogP contribution is 2.33. The van der Waals surface area contributed by atoms with Crippen molar-refractivity contribution in [3.05, 3.63) is 42.5 Å². The minimum Gasteiger partial charge on any atom is -0.340 e. The number of piperazine rings is 1. The van der Waals surface area contributed by atoms with Crippen LogP contribution in [-0.2, 0) is 15.8 Å². The molecule has 2 aliphatic rings. The summed E-state index contributed by atoms with van der Waals surface area (Å²) in [7, 11) is -1.18. The zero-order valence-corrected chi connectivity index (χ0v) is 14.5. The van der Waals surface area contributed by atoms with Crippen molar-refractivity contribution in [3.8, 4) is 0 Å². The van der Waals surface area contributed by atoms with E-state index in [0.717, 1.165) is 15.7 Å². The zero-order valence-electron chi connectivity index (χ0n) is 13.7. The predicted molar refractivity (Wildman–Crippen MR) is 95.9 cm³/mol. The number of fused-ring (bicyclic) bond motifs is 1. The van der Waals surface area contributed by atoms with Crippen molar-refractivity contribution >= 4 is 27.7 Å². The summed E-state index contributed by atoms with van der Waals surface area (Å²) in [6.07, 6.45) is 3.11. The van der Waals surface area contributed by atoms with Gasteiger partial charge in [-0.05, 0) is 35.6 Å². The van der Waals surface area contributed by atoms with Gasteiger partial charge in [0.15, 0.2) is 0 Å². The molecule has 2 fully saturated rings. The van der Waals surface area contributed by atoms with E-state index < -0.39 is 11.0 Å². The van der Waals surface area contributed by atoms with Gasteiger partial charge in [0.1, 0.15) is 11.0 Å². The molecule has 126 valence electrons. The molecule has 4 rings (SSSR count). The van der Waals surface area contributed by atoms with Gasteiger partial charge >= 0.3 is 0 Å². The molecule has 24 heavy (non-hydrogen) atoms. The average molecular weight is 342 g/mol. The third-order valence-electron chi connectivity index (χ3n) is 4.92. The number of hydrogen-bond acceptors (Lipinski definition) is 2. The summed E-state index contributed by atoms with van der Waals surface area (Å²) < 4.78 is 15.0. The lowest BCUT2D eigenvalue weighted by molar-refractivity contribution is -0.132. The summed E-state index contributed by atoms with van der Waals surface area (Å²) in [5.74, 6) is 0.897. The van der Waals surface area contributed by atoms with Crippen LogP contribution in [-0.4, -0.2) is 45.5 Å². The first-order valence-electron chi connectivity index (χ1n) is 8.65. The van der Waals surface area contributed by atoms with E-state index in [2.05, 4.69) is 0 Å².